The highest BCUT2D eigenvalue weighted by atomic mass is 32.2. The Morgan fingerprint density at radius 3 is 2.06 bits per heavy atom. The predicted octanol–water partition coefficient (Wildman–Crippen LogP) is 3.78. The van der Waals surface area contributed by atoms with Crippen molar-refractivity contribution in [3.8, 4) is 0 Å². The van der Waals surface area contributed by atoms with E-state index in [4.69, 9.17) is 0 Å². The van der Waals surface area contributed by atoms with E-state index in [1.54, 1.807) is 0 Å². The molecule has 1 aromatic rings. The second-order valence-electron chi connectivity index (χ2n) is 2.93. The van der Waals surface area contributed by atoms with Gasteiger partial charge in [0.2, 0.25) is 0 Å². The molecule has 0 aliphatic carbocycles. The second kappa shape index (κ2) is 6.03. The lowest BCUT2D eigenvalue weighted by Crippen LogP contribution is -2.08. The highest BCUT2D eigenvalue weighted by molar-refractivity contribution is 7.84. The number of halogens is 3. The molecule has 0 N–H and O–H groups in total. The van der Waals surface area contributed by atoms with E-state index in [1.165, 1.54) is 25.3 Å². The molecule has 0 radical (unpaired) electrons. The zero-order valence-corrected chi connectivity index (χ0v) is 10.5. The lowest BCUT2D eigenvalue weighted by Gasteiger charge is -2.10. The summed E-state index contributed by atoms with van der Waals surface area (Å²) < 4.78 is 48.2. The molecule has 0 aliphatic rings. The number of benzene rings is 1. The minimum Gasteiger partial charge on any atom is -0.255 e. The second-order valence-corrected chi connectivity index (χ2v) is 4.31. The largest absolute Gasteiger partial charge is 0.416 e. The van der Waals surface area contributed by atoms with Gasteiger partial charge in [-0.05, 0) is 24.6 Å². The van der Waals surface area contributed by atoms with E-state index in [1.807, 2.05) is 13.8 Å². The van der Waals surface area contributed by atoms with Crippen LogP contribution in [0.5, 0.6) is 0 Å². The van der Waals surface area contributed by atoms with Crippen LogP contribution in [0.1, 0.15) is 25.0 Å². The van der Waals surface area contributed by atoms with Crippen molar-refractivity contribution in [2.24, 2.45) is 0 Å². The van der Waals surface area contributed by atoms with Gasteiger partial charge in [-0.25, -0.2) is 0 Å². The third-order valence-electron chi connectivity index (χ3n) is 1.85. The summed E-state index contributed by atoms with van der Waals surface area (Å²) in [5.41, 5.74) is -0.572. The molecule has 0 spiro atoms. The summed E-state index contributed by atoms with van der Waals surface area (Å²) in [4.78, 5) is 0.197. The van der Waals surface area contributed by atoms with Gasteiger partial charge in [0, 0.05) is 22.0 Å². The molecule has 0 aliphatic heterocycles. The maximum absolute atomic E-state index is 12.4. The van der Waals surface area contributed by atoms with E-state index in [0.29, 0.717) is 0 Å². The first-order valence-electron chi connectivity index (χ1n) is 4.83. The van der Waals surface area contributed by atoms with Gasteiger partial charge < -0.3 is 0 Å². The smallest absolute Gasteiger partial charge is 0.255 e. The van der Waals surface area contributed by atoms with Crippen LogP contribution in [0.15, 0.2) is 23.1 Å². The van der Waals surface area contributed by atoms with E-state index in [0.717, 1.165) is 6.07 Å². The van der Waals surface area contributed by atoms with Gasteiger partial charge in [0.25, 0.3) is 0 Å². The van der Waals surface area contributed by atoms with Gasteiger partial charge >= 0.3 is 6.18 Å². The summed E-state index contributed by atoms with van der Waals surface area (Å²) in [5, 5.41) is 0. The van der Waals surface area contributed by atoms with E-state index < -0.39 is 22.5 Å². The highest BCUT2D eigenvalue weighted by Crippen LogP contribution is 2.32. The molecule has 1 rings (SSSR count). The topological polar surface area (TPSA) is 17.1 Å². The fourth-order valence-corrected chi connectivity index (χ4v) is 1.63. The Kier molecular flexibility index (Phi) is 5.72. The van der Waals surface area contributed by atoms with Gasteiger partial charge in [0.15, 0.2) is 0 Å². The van der Waals surface area contributed by atoms with E-state index >= 15 is 0 Å². The molecule has 92 valence electrons. The summed E-state index contributed by atoms with van der Waals surface area (Å²) in [6.07, 6.45) is -3.02. The van der Waals surface area contributed by atoms with Crippen LogP contribution in [0.3, 0.4) is 0 Å². The van der Waals surface area contributed by atoms with Crippen molar-refractivity contribution >= 4 is 10.8 Å². The third-order valence-corrected chi connectivity index (χ3v) is 2.76. The van der Waals surface area contributed by atoms with Crippen LogP contribution in [0.2, 0.25) is 0 Å². The first kappa shape index (κ1) is 15.2. The van der Waals surface area contributed by atoms with Crippen LogP contribution in [-0.2, 0) is 17.0 Å². The van der Waals surface area contributed by atoms with Crippen molar-refractivity contribution < 1.29 is 17.4 Å². The van der Waals surface area contributed by atoms with Crippen molar-refractivity contribution in [2.45, 2.75) is 31.8 Å². The van der Waals surface area contributed by atoms with Crippen LogP contribution >= 0.6 is 0 Å². The average Bonchev–Trinajstić information content (AvgIpc) is 2.19. The van der Waals surface area contributed by atoms with Crippen molar-refractivity contribution in [3.05, 3.63) is 29.3 Å². The van der Waals surface area contributed by atoms with Crippen LogP contribution in [0.4, 0.5) is 13.2 Å². The molecular weight excluding hydrogens is 237 g/mol. The van der Waals surface area contributed by atoms with Crippen LogP contribution in [-0.4, -0.2) is 10.5 Å². The van der Waals surface area contributed by atoms with Crippen LogP contribution in [0, 0.1) is 6.92 Å². The Morgan fingerprint density at radius 1 is 1.19 bits per heavy atom. The monoisotopic (exact) mass is 252 g/mol. The zero-order valence-electron chi connectivity index (χ0n) is 9.68. The van der Waals surface area contributed by atoms with Crippen molar-refractivity contribution in [3.63, 3.8) is 0 Å². The first-order chi connectivity index (χ1) is 7.32. The molecule has 0 amide bonds. The maximum Gasteiger partial charge on any atom is 0.416 e. The van der Waals surface area contributed by atoms with Crippen molar-refractivity contribution in [1.29, 1.82) is 0 Å². The van der Waals surface area contributed by atoms with Crippen molar-refractivity contribution in [1.82, 2.24) is 0 Å². The maximum atomic E-state index is 12.4. The first-order valence-corrected chi connectivity index (χ1v) is 6.39. The van der Waals surface area contributed by atoms with E-state index in [2.05, 4.69) is 0 Å². The summed E-state index contributed by atoms with van der Waals surface area (Å²) in [6, 6.07) is 3.71. The SMILES string of the molecule is CC.Cc1ccc(S(C)=O)cc1C(F)(F)F. The number of aryl methyl sites for hydroxylation is 1. The summed E-state index contributed by atoms with van der Waals surface area (Å²) in [6.45, 7) is 5.38. The fraction of sp³-hybridized carbons (Fsp3) is 0.455. The Balaban J connectivity index is 0.00000106. The van der Waals surface area contributed by atoms with Gasteiger partial charge in [0.05, 0.1) is 5.56 Å². The highest BCUT2D eigenvalue weighted by Gasteiger charge is 2.32. The van der Waals surface area contributed by atoms with E-state index in [-0.39, 0.29) is 10.5 Å². The minimum absolute atomic E-state index is 0.145. The molecule has 1 nitrogen and oxygen atoms in total. The van der Waals surface area contributed by atoms with Crippen LogP contribution < -0.4 is 0 Å². The van der Waals surface area contributed by atoms with Gasteiger partial charge in [-0.15, -0.1) is 0 Å². The molecular formula is C11H15F3OS. The number of alkyl halides is 3. The predicted molar refractivity (Wildman–Crippen MR) is 59.9 cm³/mol. The van der Waals surface area contributed by atoms with Gasteiger partial charge in [-0.1, -0.05) is 19.9 Å². The Morgan fingerprint density at radius 2 is 1.69 bits per heavy atom. The summed E-state index contributed by atoms with van der Waals surface area (Å²) in [5.74, 6) is 0. The third kappa shape index (κ3) is 3.96. The Labute approximate surface area is 96.1 Å². The fourth-order valence-electron chi connectivity index (χ4n) is 1.09. The Bertz CT molecular complexity index is 372. The molecule has 0 saturated carbocycles. The molecule has 16 heavy (non-hydrogen) atoms. The summed E-state index contributed by atoms with van der Waals surface area (Å²) in [7, 11) is -1.38. The average molecular weight is 252 g/mol. The van der Waals surface area contributed by atoms with Gasteiger partial charge in [-0.3, -0.25) is 4.21 Å². The van der Waals surface area contributed by atoms with Crippen LogP contribution in [0.25, 0.3) is 0 Å². The molecule has 1 aromatic carbocycles. The molecule has 5 heteroatoms. The normalized spacial score (nSPS) is 12.7. The molecule has 1 atom stereocenters. The zero-order chi connectivity index (χ0) is 12.9. The lowest BCUT2D eigenvalue weighted by molar-refractivity contribution is -0.138. The van der Waals surface area contributed by atoms with Crippen molar-refractivity contribution in [2.75, 3.05) is 6.26 Å². The minimum atomic E-state index is -4.38. The number of hydrogen-bond donors (Lipinski definition) is 0. The van der Waals surface area contributed by atoms with Gasteiger partial charge in [0.1, 0.15) is 0 Å². The quantitative estimate of drug-likeness (QED) is 0.743. The number of hydrogen-bond acceptors (Lipinski definition) is 1. The molecule has 1 unspecified atom stereocenters. The lowest BCUT2D eigenvalue weighted by atomic mass is 10.1. The standard InChI is InChI=1S/C9H9F3OS.C2H6/c1-6-3-4-7(14(2)13)5-8(6)9(10,11)12;1-2/h3-5H,1-2H3;1-2H3. The van der Waals surface area contributed by atoms with E-state index in [9.17, 15) is 17.4 Å². The molecule has 0 aromatic heterocycles. The molecule has 0 saturated heterocycles. The number of rotatable bonds is 1. The molecule has 0 bridgehead atoms. The molecule has 0 fully saturated rings. The Hall–Kier alpha value is -0.840. The summed E-state index contributed by atoms with van der Waals surface area (Å²) >= 11 is 0. The molecule has 0 heterocycles. The van der Waals surface area contributed by atoms with Gasteiger partial charge in [-0.2, -0.15) is 13.2 Å².